The van der Waals surface area contributed by atoms with Crippen LogP contribution in [0.15, 0.2) is 46.9 Å². The van der Waals surface area contributed by atoms with Crippen molar-refractivity contribution >= 4 is 37.5 Å². The van der Waals surface area contributed by atoms with Crippen LogP contribution in [0.3, 0.4) is 0 Å². The van der Waals surface area contributed by atoms with Crippen molar-refractivity contribution in [3.63, 3.8) is 0 Å². The third-order valence-corrected chi connectivity index (χ3v) is 3.71. The molecule has 0 aliphatic rings. The van der Waals surface area contributed by atoms with Crippen LogP contribution in [-0.2, 0) is 5.33 Å². The van der Waals surface area contributed by atoms with Crippen LogP contribution in [0.1, 0.15) is 5.56 Å². The fourth-order valence-corrected chi connectivity index (χ4v) is 2.32. The summed E-state index contributed by atoms with van der Waals surface area (Å²) in [7, 11) is 0. The number of nitrogens with zero attached hydrogens (tertiary/aromatic N) is 1. The lowest BCUT2D eigenvalue weighted by molar-refractivity contribution is -0.385. The minimum atomic E-state index is -0.465. The fourth-order valence-electron chi connectivity index (χ4n) is 1.51. The van der Waals surface area contributed by atoms with Crippen molar-refractivity contribution in [1.82, 2.24) is 0 Å². The Morgan fingerprint density at radius 2 is 1.84 bits per heavy atom. The van der Waals surface area contributed by atoms with Gasteiger partial charge in [-0.1, -0.05) is 34.1 Å². The van der Waals surface area contributed by atoms with Gasteiger partial charge in [0.2, 0.25) is 5.75 Å². The lowest BCUT2D eigenvalue weighted by Gasteiger charge is -2.08. The van der Waals surface area contributed by atoms with Crippen molar-refractivity contribution in [2.45, 2.75) is 5.33 Å². The number of ether oxygens (including phenoxy) is 1. The first-order valence-corrected chi connectivity index (χ1v) is 7.29. The third-order valence-electron chi connectivity index (χ3n) is 2.44. The van der Waals surface area contributed by atoms with Crippen LogP contribution in [-0.4, -0.2) is 4.92 Å². The molecule has 0 atom stereocenters. The van der Waals surface area contributed by atoms with Crippen molar-refractivity contribution in [1.29, 1.82) is 0 Å². The van der Waals surface area contributed by atoms with Gasteiger partial charge in [-0.3, -0.25) is 10.1 Å². The highest BCUT2D eigenvalue weighted by Crippen LogP contribution is 2.37. The van der Waals surface area contributed by atoms with E-state index in [9.17, 15) is 10.1 Å². The molecule has 0 amide bonds. The molecule has 0 N–H and O–H groups in total. The molecule has 0 saturated heterocycles. The number of hydrogen-bond acceptors (Lipinski definition) is 3. The third kappa shape index (κ3) is 3.33. The molecule has 0 radical (unpaired) electrons. The molecule has 0 fully saturated rings. The molecular weight excluding hydrogens is 378 g/mol. The van der Waals surface area contributed by atoms with E-state index in [1.54, 1.807) is 24.3 Å². The number of alkyl halides is 1. The Morgan fingerprint density at radius 1 is 1.16 bits per heavy atom. The van der Waals surface area contributed by atoms with E-state index in [-0.39, 0.29) is 11.4 Å². The second kappa shape index (κ2) is 6.16. The van der Waals surface area contributed by atoms with Gasteiger partial charge in [0.05, 0.1) is 9.40 Å². The summed E-state index contributed by atoms with van der Waals surface area (Å²) >= 11 is 6.62. The molecule has 19 heavy (non-hydrogen) atoms. The molecule has 6 heteroatoms. The lowest BCUT2D eigenvalue weighted by atomic mass is 10.2. The van der Waals surface area contributed by atoms with Gasteiger partial charge in [0.25, 0.3) is 0 Å². The van der Waals surface area contributed by atoms with Gasteiger partial charge < -0.3 is 4.74 Å². The normalized spacial score (nSPS) is 10.2. The highest BCUT2D eigenvalue weighted by Gasteiger charge is 2.18. The molecule has 0 bridgehead atoms. The molecular formula is C13H9Br2NO3. The van der Waals surface area contributed by atoms with Crippen molar-refractivity contribution < 1.29 is 9.66 Å². The van der Waals surface area contributed by atoms with E-state index in [4.69, 9.17) is 4.74 Å². The maximum absolute atomic E-state index is 11.0. The zero-order valence-corrected chi connectivity index (χ0v) is 12.8. The predicted octanol–water partition coefficient (Wildman–Crippen LogP) is 5.04. The van der Waals surface area contributed by atoms with Gasteiger partial charge in [0.15, 0.2) is 0 Å². The van der Waals surface area contributed by atoms with E-state index >= 15 is 0 Å². The maximum atomic E-state index is 11.0. The summed E-state index contributed by atoms with van der Waals surface area (Å²) in [6.45, 7) is 0. The van der Waals surface area contributed by atoms with Crippen molar-refractivity contribution in [2.24, 2.45) is 0 Å². The van der Waals surface area contributed by atoms with Gasteiger partial charge in [-0.25, -0.2) is 0 Å². The number of nitro benzene ring substituents is 1. The summed E-state index contributed by atoms with van der Waals surface area (Å²) in [4.78, 5) is 10.5. The zero-order valence-electron chi connectivity index (χ0n) is 9.68. The quantitative estimate of drug-likeness (QED) is 0.420. The molecule has 2 aromatic carbocycles. The molecule has 0 aliphatic heterocycles. The average Bonchev–Trinajstić information content (AvgIpc) is 2.41. The highest BCUT2D eigenvalue weighted by atomic mass is 79.9. The largest absolute Gasteiger partial charge is 0.449 e. The number of hydrogen-bond donors (Lipinski definition) is 0. The van der Waals surface area contributed by atoms with Crippen LogP contribution in [0, 0.1) is 10.1 Å². The Morgan fingerprint density at radius 3 is 2.42 bits per heavy atom. The number of nitro groups is 1. The van der Waals surface area contributed by atoms with Crippen molar-refractivity contribution in [3.05, 3.63) is 62.6 Å². The van der Waals surface area contributed by atoms with Crippen LogP contribution in [0.4, 0.5) is 5.69 Å². The van der Waals surface area contributed by atoms with Crippen LogP contribution < -0.4 is 4.74 Å². The van der Waals surface area contributed by atoms with Crippen molar-refractivity contribution in [3.8, 4) is 11.5 Å². The van der Waals surface area contributed by atoms with Gasteiger partial charge in [-0.15, -0.1) is 0 Å². The molecule has 0 heterocycles. The average molecular weight is 387 g/mol. The molecule has 4 nitrogen and oxygen atoms in total. The van der Waals surface area contributed by atoms with Gasteiger partial charge >= 0.3 is 5.69 Å². The Labute approximate surface area is 126 Å². The summed E-state index contributed by atoms with van der Waals surface area (Å²) < 4.78 is 6.14. The summed E-state index contributed by atoms with van der Waals surface area (Å²) in [5, 5.41) is 11.7. The summed E-state index contributed by atoms with van der Waals surface area (Å²) in [5.41, 5.74) is 1.04. The molecule has 2 aromatic rings. The zero-order chi connectivity index (χ0) is 13.8. The SMILES string of the molecule is O=[N+]([O-])c1cccc(Br)c1Oc1ccc(CBr)cc1. The van der Waals surface area contributed by atoms with E-state index in [0.717, 1.165) is 10.9 Å². The van der Waals surface area contributed by atoms with E-state index in [2.05, 4.69) is 31.9 Å². The Hall–Kier alpha value is -1.40. The Bertz CT molecular complexity index is 599. The summed E-state index contributed by atoms with van der Waals surface area (Å²) in [5.74, 6) is 0.763. The van der Waals surface area contributed by atoms with Crippen LogP contribution >= 0.6 is 31.9 Å². The lowest BCUT2D eigenvalue weighted by Crippen LogP contribution is -1.94. The van der Waals surface area contributed by atoms with Crippen LogP contribution in [0.25, 0.3) is 0 Å². The van der Waals surface area contributed by atoms with E-state index < -0.39 is 4.92 Å². The molecule has 2 rings (SSSR count). The second-order valence-corrected chi connectivity index (χ2v) is 5.14. The first-order chi connectivity index (χ1) is 9.11. The standard InChI is InChI=1S/C13H9Br2NO3/c14-8-9-4-6-10(7-5-9)19-13-11(15)2-1-3-12(13)16(17)18/h1-7H,8H2. The monoisotopic (exact) mass is 385 g/mol. The predicted molar refractivity (Wildman–Crippen MR) is 79.9 cm³/mol. The molecule has 0 aromatic heterocycles. The van der Waals surface area contributed by atoms with Crippen LogP contribution in [0.5, 0.6) is 11.5 Å². The first-order valence-electron chi connectivity index (χ1n) is 5.37. The number of para-hydroxylation sites is 1. The topological polar surface area (TPSA) is 52.4 Å². The fraction of sp³-hybridized carbons (Fsp3) is 0.0769. The van der Waals surface area contributed by atoms with E-state index in [1.165, 1.54) is 6.07 Å². The molecule has 0 unspecified atom stereocenters. The number of halogens is 2. The smallest absolute Gasteiger partial charge is 0.312 e. The van der Waals surface area contributed by atoms with E-state index in [0.29, 0.717) is 10.2 Å². The van der Waals surface area contributed by atoms with Gasteiger partial charge in [-0.2, -0.15) is 0 Å². The van der Waals surface area contributed by atoms with Gasteiger partial charge in [0.1, 0.15) is 5.75 Å². The Balaban J connectivity index is 2.34. The van der Waals surface area contributed by atoms with Gasteiger partial charge in [-0.05, 0) is 39.7 Å². The Kier molecular flexibility index (Phi) is 4.55. The minimum Gasteiger partial charge on any atom is -0.449 e. The summed E-state index contributed by atoms with van der Waals surface area (Å²) in [6.07, 6.45) is 0. The van der Waals surface area contributed by atoms with Crippen LogP contribution in [0.2, 0.25) is 0 Å². The number of rotatable bonds is 4. The molecule has 0 saturated carbocycles. The summed E-state index contributed by atoms with van der Waals surface area (Å²) in [6, 6.07) is 12.1. The van der Waals surface area contributed by atoms with Gasteiger partial charge in [0, 0.05) is 11.4 Å². The first kappa shape index (κ1) is 14.0. The molecule has 0 aliphatic carbocycles. The molecule has 98 valence electrons. The second-order valence-electron chi connectivity index (χ2n) is 3.72. The van der Waals surface area contributed by atoms with E-state index in [1.807, 2.05) is 12.1 Å². The molecule has 0 spiro atoms. The minimum absolute atomic E-state index is 0.0704. The number of benzene rings is 2. The van der Waals surface area contributed by atoms with Crippen molar-refractivity contribution in [2.75, 3.05) is 0 Å². The maximum Gasteiger partial charge on any atom is 0.312 e. The highest BCUT2D eigenvalue weighted by molar-refractivity contribution is 9.10.